The molecule has 0 aliphatic heterocycles. The highest BCUT2D eigenvalue weighted by atomic mass is 16.5. The maximum absolute atomic E-state index is 11.2. The second-order valence-corrected chi connectivity index (χ2v) is 5.47. The minimum Gasteiger partial charge on any atom is -0.460 e. The Morgan fingerprint density at radius 1 is 1.00 bits per heavy atom. The zero-order valence-corrected chi connectivity index (χ0v) is 14.8. The van der Waals surface area contributed by atoms with Crippen LogP contribution < -0.4 is 0 Å². The summed E-state index contributed by atoms with van der Waals surface area (Å²) in [6.07, 6.45) is 8.97. The summed E-state index contributed by atoms with van der Waals surface area (Å²) in [7, 11) is 0. The van der Waals surface area contributed by atoms with Crippen molar-refractivity contribution in [3.05, 3.63) is 53.6 Å². The maximum Gasteiger partial charge on any atom is 0.333 e. The van der Waals surface area contributed by atoms with Crippen molar-refractivity contribution in [2.24, 2.45) is 0 Å². The van der Waals surface area contributed by atoms with Crippen molar-refractivity contribution >= 4 is 18.0 Å². The number of carbonyl (C=O) groups excluding carboxylic acids is 2. The van der Waals surface area contributed by atoms with E-state index in [2.05, 4.69) is 4.74 Å². The normalized spacial score (nSPS) is 13.4. The number of carbonyl (C=O) groups is 2. The number of benzene rings is 1. The molecule has 0 amide bonds. The Morgan fingerprint density at radius 2 is 1.69 bits per heavy atom. The molecular formula is C20H26O6. The third-order valence-corrected chi connectivity index (χ3v) is 3.42. The van der Waals surface area contributed by atoms with E-state index in [1.54, 1.807) is 6.08 Å². The lowest BCUT2D eigenvalue weighted by Crippen LogP contribution is -2.12. The number of rotatable bonds is 7. The molecule has 1 aromatic carbocycles. The molecule has 0 atom stereocenters. The van der Waals surface area contributed by atoms with Crippen molar-refractivity contribution in [3.8, 4) is 0 Å². The van der Waals surface area contributed by atoms with Crippen molar-refractivity contribution < 1.29 is 29.3 Å². The first-order valence-electron chi connectivity index (χ1n) is 8.65. The van der Waals surface area contributed by atoms with Crippen LogP contribution in [0.2, 0.25) is 0 Å². The Labute approximate surface area is 153 Å². The predicted molar refractivity (Wildman–Crippen MR) is 98.1 cm³/mol. The van der Waals surface area contributed by atoms with Gasteiger partial charge in [-0.25, -0.2) is 9.59 Å². The van der Waals surface area contributed by atoms with Crippen LogP contribution in [0, 0.1) is 0 Å². The largest absolute Gasteiger partial charge is 0.460 e. The number of allylic oxidation sites excluding steroid dienone is 1. The highest BCUT2D eigenvalue weighted by Crippen LogP contribution is 2.18. The van der Waals surface area contributed by atoms with Crippen molar-refractivity contribution in [2.75, 3.05) is 26.4 Å². The maximum atomic E-state index is 11.2. The molecule has 1 aliphatic carbocycles. The van der Waals surface area contributed by atoms with Crippen LogP contribution >= 0.6 is 0 Å². The summed E-state index contributed by atoms with van der Waals surface area (Å²) in [6.45, 7) is -0.0991. The summed E-state index contributed by atoms with van der Waals surface area (Å²) in [5.41, 5.74) is 1.71. The zero-order chi connectivity index (χ0) is 19.0. The molecular weight excluding hydrogens is 336 g/mol. The number of aliphatic hydroxyl groups is 2. The fourth-order valence-electron chi connectivity index (χ4n) is 2.18. The van der Waals surface area contributed by atoms with E-state index >= 15 is 0 Å². The van der Waals surface area contributed by atoms with E-state index in [0.717, 1.165) is 36.8 Å². The smallest absolute Gasteiger partial charge is 0.333 e. The Bertz CT molecular complexity index is 592. The molecule has 0 spiro atoms. The van der Waals surface area contributed by atoms with Gasteiger partial charge in [0.25, 0.3) is 0 Å². The van der Waals surface area contributed by atoms with Gasteiger partial charge in [0.15, 0.2) is 0 Å². The monoisotopic (exact) mass is 362 g/mol. The molecule has 0 aromatic heterocycles. The average molecular weight is 362 g/mol. The van der Waals surface area contributed by atoms with Crippen LogP contribution in [0.5, 0.6) is 0 Å². The van der Waals surface area contributed by atoms with Gasteiger partial charge in [0.05, 0.1) is 13.2 Å². The van der Waals surface area contributed by atoms with E-state index in [1.807, 2.05) is 36.4 Å². The van der Waals surface area contributed by atoms with Crippen LogP contribution in [-0.2, 0) is 19.1 Å². The Hall–Kier alpha value is -2.44. The van der Waals surface area contributed by atoms with Gasteiger partial charge in [-0.1, -0.05) is 36.4 Å². The topological polar surface area (TPSA) is 93.1 Å². The van der Waals surface area contributed by atoms with Gasteiger partial charge in [0, 0.05) is 11.6 Å². The predicted octanol–water partition coefficient (Wildman–Crippen LogP) is 2.26. The molecule has 6 nitrogen and oxygen atoms in total. The van der Waals surface area contributed by atoms with Crippen molar-refractivity contribution in [3.63, 3.8) is 0 Å². The van der Waals surface area contributed by atoms with E-state index in [0.29, 0.717) is 0 Å². The molecule has 0 bridgehead atoms. The third kappa shape index (κ3) is 9.76. The second-order valence-electron chi connectivity index (χ2n) is 5.47. The van der Waals surface area contributed by atoms with Gasteiger partial charge < -0.3 is 19.7 Å². The van der Waals surface area contributed by atoms with E-state index in [9.17, 15) is 9.59 Å². The molecule has 142 valence electrons. The van der Waals surface area contributed by atoms with E-state index in [-0.39, 0.29) is 32.4 Å². The highest BCUT2D eigenvalue weighted by Gasteiger charge is 2.12. The van der Waals surface area contributed by atoms with Crippen molar-refractivity contribution in [1.29, 1.82) is 0 Å². The SMILES string of the molecule is O=C(/C=C/c1ccccc1)OCCO.O=C(OCCO)C1=CCCCC1. The van der Waals surface area contributed by atoms with Crippen LogP contribution in [-0.4, -0.2) is 48.6 Å². The minimum absolute atomic E-state index is 0.0396. The fourth-order valence-corrected chi connectivity index (χ4v) is 2.18. The molecule has 0 radical (unpaired) electrons. The second kappa shape index (κ2) is 13.8. The Balaban J connectivity index is 0.000000263. The quantitative estimate of drug-likeness (QED) is 0.571. The van der Waals surface area contributed by atoms with Gasteiger partial charge in [0.2, 0.25) is 0 Å². The first-order chi connectivity index (χ1) is 12.7. The summed E-state index contributed by atoms with van der Waals surface area (Å²) >= 11 is 0. The van der Waals surface area contributed by atoms with Gasteiger partial charge >= 0.3 is 11.9 Å². The molecule has 0 fully saturated rings. The summed E-state index contributed by atoms with van der Waals surface area (Å²) in [5.74, 6) is -0.702. The van der Waals surface area contributed by atoms with Gasteiger partial charge in [-0.05, 0) is 37.3 Å². The van der Waals surface area contributed by atoms with E-state index in [4.69, 9.17) is 14.9 Å². The van der Waals surface area contributed by atoms with Crippen LogP contribution in [0.1, 0.15) is 31.2 Å². The number of esters is 2. The van der Waals surface area contributed by atoms with E-state index < -0.39 is 5.97 Å². The third-order valence-electron chi connectivity index (χ3n) is 3.42. The lowest BCUT2D eigenvalue weighted by atomic mass is 10.00. The van der Waals surface area contributed by atoms with Crippen LogP contribution in [0.25, 0.3) is 6.08 Å². The zero-order valence-electron chi connectivity index (χ0n) is 14.8. The molecule has 6 heteroatoms. The molecule has 1 aromatic rings. The van der Waals surface area contributed by atoms with Gasteiger partial charge in [-0.3, -0.25) is 0 Å². The van der Waals surface area contributed by atoms with Crippen LogP contribution in [0.4, 0.5) is 0 Å². The molecule has 0 heterocycles. The summed E-state index contributed by atoms with van der Waals surface area (Å²) in [6, 6.07) is 9.45. The van der Waals surface area contributed by atoms with Crippen molar-refractivity contribution in [1.82, 2.24) is 0 Å². The Morgan fingerprint density at radius 3 is 2.31 bits per heavy atom. The Kier molecular flexibility index (Phi) is 11.5. The van der Waals surface area contributed by atoms with Crippen LogP contribution in [0.15, 0.2) is 48.1 Å². The fraction of sp³-hybridized carbons (Fsp3) is 0.400. The molecule has 2 N–H and O–H groups in total. The standard InChI is InChI=1S/C11H12O3.C9H14O3/c12-8-9-14-11(13)7-6-10-4-2-1-3-5-10;10-6-7-12-9(11)8-4-2-1-3-5-8/h1-7,12H,8-9H2;4,10H,1-3,5-7H2/b7-6+;. The van der Waals surface area contributed by atoms with Gasteiger partial charge in [-0.15, -0.1) is 0 Å². The molecule has 0 unspecified atom stereocenters. The van der Waals surface area contributed by atoms with E-state index in [1.165, 1.54) is 6.08 Å². The number of aliphatic hydroxyl groups excluding tert-OH is 2. The first kappa shape index (κ1) is 21.6. The number of ether oxygens (including phenoxy) is 2. The number of hydrogen-bond donors (Lipinski definition) is 2. The highest BCUT2D eigenvalue weighted by molar-refractivity contribution is 5.88. The summed E-state index contributed by atoms with van der Waals surface area (Å²) in [4.78, 5) is 22.1. The van der Waals surface area contributed by atoms with Crippen molar-refractivity contribution in [2.45, 2.75) is 25.7 Å². The lowest BCUT2D eigenvalue weighted by Gasteiger charge is -2.10. The number of hydrogen-bond acceptors (Lipinski definition) is 6. The summed E-state index contributed by atoms with van der Waals surface area (Å²) in [5, 5.41) is 16.8. The van der Waals surface area contributed by atoms with Crippen LogP contribution in [0.3, 0.4) is 0 Å². The molecule has 0 saturated carbocycles. The lowest BCUT2D eigenvalue weighted by molar-refractivity contribution is -0.140. The molecule has 26 heavy (non-hydrogen) atoms. The molecule has 0 saturated heterocycles. The average Bonchev–Trinajstić information content (AvgIpc) is 2.70. The summed E-state index contributed by atoms with van der Waals surface area (Å²) < 4.78 is 9.41. The van der Waals surface area contributed by atoms with Gasteiger partial charge in [0.1, 0.15) is 13.2 Å². The molecule has 1 aliphatic rings. The molecule has 2 rings (SSSR count). The first-order valence-corrected chi connectivity index (χ1v) is 8.65. The van der Waals surface area contributed by atoms with Gasteiger partial charge in [-0.2, -0.15) is 0 Å². The minimum atomic E-state index is -0.442.